The van der Waals surface area contributed by atoms with Gasteiger partial charge in [-0.25, -0.2) is 9.97 Å². The minimum atomic E-state index is -0.116. The van der Waals surface area contributed by atoms with Gasteiger partial charge in [0.05, 0.1) is 18.9 Å². The van der Waals surface area contributed by atoms with Crippen molar-refractivity contribution < 1.29 is 9.53 Å². The minimum Gasteiger partial charge on any atom is -0.397 e. The summed E-state index contributed by atoms with van der Waals surface area (Å²) in [6.07, 6.45) is 2.49. The summed E-state index contributed by atoms with van der Waals surface area (Å²) in [4.78, 5) is 26.3. The molecule has 2 saturated heterocycles. The van der Waals surface area contributed by atoms with Gasteiger partial charge < -0.3 is 26.4 Å². The van der Waals surface area contributed by atoms with Crippen molar-refractivity contribution >= 4 is 39.0 Å². The Hall–Kier alpha value is -2.75. The molecule has 0 saturated carbocycles. The van der Waals surface area contributed by atoms with E-state index < -0.39 is 0 Å². The topological polar surface area (TPSA) is 119 Å². The third-order valence-corrected chi connectivity index (χ3v) is 8.62. The number of ether oxygens (including phenoxy) is 1. The molecule has 3 aromatic rings. The van der Waals surface area contributed by atoms with Gasteiger partial charge in [-0.15, -0.1) is 11.3 Å². The van der Waals surface area contributed by atoms with Crippen molar-refractivity contribution in [3.05, 3.63) is 46.1 Å². The maximum Gasteiger partial charge on any atom is 0.263 e. The number of thiophene rings is 1. The van der Waals surface area contributed by atoms with E-state index in [-0.39, 0.29) is 18.0 Å². The number of rotatable bonds is 3. The molecule has 3 aliphatic rings. The van der Waals surface area contributed by atoms with E-state index in [0.717, 1.165) is 73.0 Å². The van der Waals surface area contributed by atoms with E-state index in [9.17, 15) is 4.79 Å². The predicted octanol–water partition coefficient (Wildman–Crippen LogP) is 2.28. The largest absolute Gasteiger partial charge is 0.397 e. The molecule has 34 heavy (non-hydrogen) atoms. The van der Waals surface area contributed by atoms with Crippen LogP contribution in [0.3, 0.4) is 0 Å². The van der Waals surface area contributed by atoms with Crippen LogP contribution in [-0.4, -0.2) is 54.3 Å². The number of nitrogens with two attached hydrogens (primary N) is 2. The van der Waals surface area contributed by atoms with Gasteiger partial charge in [-0.3, -0.25) is 4.79 Å². The normalized spacial score (nSPS) is 26.4. The fourth-order valence-electron chi connectivity index (χ4n) is 5.56. The molecule has 178 valence electrons. The molecule has 0 aromatic carbocycles. The first-order valence-corrected chi connectivity index (χ1v) is 12.8. The van der Waals surface area contributed by atoms with E-state index in [1.165, 1.54) is 16.9 Å². The van der Waals surface area contributed by atoms with E-state index in [1.54, 1.807) is 0 Å². The summed E-state index contributed by atoms with van der Waals surface area (Å²) < 4.78 is 5.71. The number of anilines is 2. The van der Waals surface area contributed by atoms with Crippen LogP contribution >= 0.6 is 11.3 Å². The van der Waals surface area contributed by atoms with E-state index in [0.29, 0.717) is 22.4 Å². The smallest absolute Gasteiger partial charge is 0.263 e. The lowest BCUT2D eigenvalue weighted by molar-refractivity contribution is -0.00888. The lowest BCUT2D eigenvalue weighted by Gasteiger charge is -2.46. The number of nitrogens with zero attached hydrogens (tertiary/aromatic N) is 3. The Kier molecular flexibility index (Phi) is 5.43. The zero-order valence-electron chi connectivity index (χ0n) is 19.3. The number of carbonyl (C=O) groups excluding carboxylic acids is 1. The number of hydrogen-bond donors (Lipinski definition) is 3. The van der Waals surface area contributed by atoms with Gasteiger partial charge in [-0.1, -0.05) is 6.07 Å². The Bertz CT molecular complexity index is 1250. The quantitative estimate of drug-likeness (QED) is 0.528. The molecule has 6 rings (SSSR count). The summed E-state index contributed by atoms with van der Waals surface area (Å²) in [6.45, 7) is 5.20. The molecule has 5 heterocycles. The van der Waals surface area contributed by atoms with Gasteiger partial charge in [0, 0.05) is 53.8 Å². The number of pyridine rings is 2. The lowest BCUT2D eigenvalue weighted by Crippen LogP contribution is -2.59. The summed E-state index contributed by atoms with van der Waals surface area (Å²) in [5.41, 5.74) is 16.5. The second kappa shape index (κ2) is 8.48. The van der Waals surface area contributed by atoms with Crippen LogP contribution in [0, 0.1) is 18.8 Å². The number of aromatic nitrogens is 2. The maximum absolute atomic E-state index is 13.0. The van der Waals surface area contributed by atoms with E-state index in [1.807, 2.05) is 19.1 Å². The Labute approximate surface area is 202 Å². The number of piperidine rings is 1. The molecule has 2 bridgehead atoms. The number of fused-ring (bicyclic) bond motifs is 4. The molecule has 9 heteroatoms. The van der Waals surface area contributed by atoms with Crippen molar-refractivity contribution in [2.45, 2.75) is 38.3 Å². The number of carbonyl (C=O) groups is 1. The zero-order chi connectivity index (χ0) is 23.4. The Morgan fingerprint density at radius 2 is 1.97 bits per heavy atom. The summed E-state index contributed by atoms with van der Waals surface area (Å²) >= 11 is 1.36. The fraction of sp³-hybridized carbons (Fsp3) is 0.480. The van der Waals surface area contributed by atoms with Crippen molar-refractivity contribution in [1.29, 1.82) is 0 Å². The van der Waals surface area contributed by atoms with Crippen molar-refractivity contribution in [2.75, 3.05) is 36.9 Å². The highest BCUT2D eigenvalue weighted by molar-refractivity contribution is 7.21. The first kappa shape index (κ1) is 21.8. The van der Waals surface area contributed by atoms with Gasteiger partial charge in [0.2, 0.25) is 0 Å². The molecule has 2 fully saturated rings. The third kappa shape index (κ3) is 3.81. The molecular weight excluding hydrogens is 448 g/mol. The number of nitrogens with one attached hydrogen (secondary N) is 1. The summed E-state index contributed by atoms with van der Waals surface area (Å²) in [6, 6.07) is 8.45. The van der Waals surface area contributed by atoms with Crippen LogP contribution in [0.4, 0.5) is 11.5 Å². The van der Waals surface area contributed by atoms with Gasteiger partial charge in [0.1, 0.15) is 15.5 Å². The molecule has 3 aromatic heterocycles. The monoisotopic (exact) mass is 478 g/mol. The van der Waals surface area contributed by atoms with Crippen molar-refractivity contribution in [1.82, 2.24) is 15.3 Å². The maximum atomic E-state index is 13.0. The minimum absolute atomic E-state index is 0.0662. The molecule has 5 N–H and O–H groups in total. The van der Waals surface area contributed by atoms with Crippen molar-refractivity contribution in [3.8, 4) is 0 Å². The highest BCUT2D eigenvalue weighted by Crippen LogP contribution is 2.33. The first-order valence-electron chi connectivity index (χ1n) is 12.0. The van der Waals surface area contributed by atoms with Gasteiger partial charge in [-0.2, -0.15) is 0 Å². The highest BCUT2D eigenvalue weighted by Gasteiger charge is 2.38. The van der Waals surface area contributed by atoms with Crippen LogP contribution in [0.5, 0.6) is 0 Å². The Balaban J connectivity index is 1.15. The van der Waals surface area contributed by atoms with Crippen LogP contribution in [0.2, 0.25) is 0 Å². The summed E-state index contributed by atoms with van der Waals surface area (Å²) in [7, 11) is 0. The SMILES string of the molecule is Cc1ccc2c(N)c(C(=O)N[C@H]3CCc4nc(N5C[C@H]6COC[C@@H](C5)C6N)ccc4C3)sc2n1. The van der Waals surface area contributed by atoms with Crippen molar-refractivity contribution in [3.63, 3.8) is 0 Å². The molecule has 1 amide bonds. The summed E-state index contributed by atoms with van der Waals surface area (Å²) in [5.74, 6) is 1.65. The second-order valence-electron chi connectivity index (χ2n) is 9.88. The van der Waals surface area contributed by atoms with Crippen LogP contribution < -0.4 is 21.7 Å². The van der Waals surface area contributed by atoms with Gasteiger partial charge in [0.15, 0.2) is 0 Å². The van der Waals surface area contributed by atoms with E-state index in [4.69, 9.17) is 21.2 Å². The van der Waals surface area contributed by atoms with Gasteiger partial charge in [0.25, 0.3) is 5.91 Å². The number of hydrogen-bond acceptors (Lipinski definition) is 8. The molecule has 2 aliphatic heterocycles. The number of amides is 1. The van der Waals surface area contributed by atoms with Crippen LogP contribution in [0.15, 0.2) is 24.3 Å². The fourth-order valence-corrected chi connectivity index (χ4v) is 6.60. The molecule has 1 unspecified atom stereocenters. The van der Waals surface area contributed by atoms with Crippen LogP contribution in [-0.2, 0) is 17.6 Å². The van der Waals surface area contributed by atoms with Crippen LogP contribution in [0.25, 0.3) is 10.2 Å². The number of aryl methyl sites for hydroxylation is 2. The number of nitrogen functional groups attached to an aromatic ring is 1. The molecule has 8 nitrogen and oxygen atoms in total. The summed E-state index contributed by atoms with van der Waals surface area (Å²) in [5, 5.41) is 4.05. The van der Waals surface area contributed by atoms with Gasteiger partial charge in [-0.05, 0) is 49.9 Å². The molecular formula is C25H30N6O2S. The highest BCUT2D eigenvalue weighted by atomic mass is 32.1. The average molecular weight is 479 g/mol. The van der Waals surface area contributed by atoms with E-state index in [2.05, 4.69) is 27.3 Å². The Morgan fingerprint density at radius 3 is 2.76 bits per heavy atom. The zero-order valence-corrected chi connectivity index (χ0v) is 20.1. The molecule has 0 radical (unpaired) electrons. The Morgan fingerprint density at radius 1 is 1.18 bits per heavy atom. The van der Waals surface area contributed by atoms with Gasteiger partial charge >= 0.3 is 0 Å². The van der Waals surface area contributed by atoms with E-state index >= 15 is 0 Å². The molecule has 4 atom stereocenters. The predicted molar refractivity (Wildman–Crippen MR) is 134 cm³/mol. The van der Waals surface area contributed by atoms with Crippen molar-refractivity contribution in [2.24, 2.45) is 17.6 Å². The average Bonchev–Trinajstić information content (AvgIpc) is 3.14. The lowest BCUT2D eigenvalue weighted by atomic mass is 9.83. The van der Waals surface area contributed by atoms with Crippen LogP contribution in [0.1, 0.15) is 33.0 Å². The third-order valence-electron chi connectivity index (χ3n) is 7.51. The molecule has 1 aliphatic carbocycles. The molecule has 0 spiro atoms. The second-order valence-corrected chi connectivity index (χ2v) is 10.9. The first-order chi connectivity index (χ1) is 16.5. The standard InChI is InChI=1S/C25H30N6O2S/c1-13-2-5-18-22(27)23(34-25(18)28-13)24(32)29-17-4-6-19-14(8-17)3-7-20(30-19)31-9-15-11-33-12-16(10-31)21(15)26/h2-3,5,7,15-17,21H,4,6,8-12,26-27H2,1H3,(H,29,32)/t15-,16+,17-,21?/m0/s1.